The molecule has 0 amide bonds. The summed E-state index contributed by atoms with van der Waals surface area (Å²) in [4.78, 5) is 6.93. The number of pyridine rings is 1. The first-order chi connectivity index (χ1) is 11.2. The molecule has 0 N–H and O–H groups in total. The molecule has 4 rings (SSSR count). The molecule has 2 aromatic heterocycles. The number of piperidine rings is 1. The molecule has 4 heterocycles. The van der Waals surface area contributed by atoms with Gasteiger partial charge in [-0.15, -0.1) is 0 Å². The second kappa shape index (κ2) is 5.39. The van der Waals surface area contributed by atoms with Crippen molar-refractivity contribution in [1.82, 2.24) is 9.88 Å². The van der Waals surface area contributed by atoms with Crippen molar-refractivity contribution in [2.24, 2.45) is 0 Å². The standard InChI is InChI=1S/C18H19N3O2/c1-2-21-7-3-6-18(12-21)9-13-8-14(11-20-17(13)23-18)16-5-4-15(10-19)22-16/h4-5,8,11H,2-3,6-7,9,12H2,1H3/t18-/m0/s1. The number of nitrogens with zero attached hydrogens (tertiary/aromatic N) is 3. The van der Waals surface area contributed by atoms with Crippen LogP contribution in [0.25, 0.3) is 11.3 Å². The second-order valence-electron chi connectivity index (χ2n) is 6.40. The van der Waals surface area contributed by atoms with Crippen molar-refractivity contribution < 1.29 is 9.15 Å². The summed E-state index contributed by atoms with van der Waals surface area (Å²) in [5.74, 6) is 1.74. The third-order valence-electron chi connectivity index (χ3n) is 4.82. The molecule has 0 aromatic carbocycles. The number of ether oxygens (including phenoxy) is 1. The Morgan fingerprint density at radius 1 is 1.43 bits per heavy atom. The molecule has 2 aromatic rings. The van der Waals surface area contributed by atoms with E-state index >= 15 is 0 Å². The average molecular weight is 309 g/mol. The molecule has 1 spiro atoms. The molecule has 1 saturated heterocycles. The summed E-state index contributed by atoms with van der Waals surface area (Å²) >= 11 is 0. The third-order valence-corrected chi connectivity index (χ3v) is 4.82. The van der Waals surface area contributed by atoms with Gasteiger partial charge in [0.2, 0.25) is 11.6 Å². The molecule has 0 aliphatic carbocycles. The molecule has 118 valence electrons. The Bertz CT molecular complexity index is 777. The van der Waals surface area contributed by atoms with Gasteiger partial charge in [0.25, 0.3) is 0 Å². The summed E-state index contributed by atoms with van der Waals surface area (Å²) in [7, 11) is 0. The Hall–Kier alpha value is -2.32. The van der Waals surface area contributed by atoms with Crippen molar-refractivity contribution in [3.05, 3.63) is 35.7 Å². The lowest BCUT2D eigenvalue weighted by molar-refractivity contribution is 0.00781. The Balaban J connectivity index is 1.61. The SMILES string of the molecule is CCN1CCC[C@]2(Cc3cc(-c4ccc(C#N)o4)cnc3O2)C1. The molecule has 0 radical (unpaired) electrons. The summed E-state index contributed by atoms with van der Waals surface area (Å²) in [6.07, 6.45) is 4.90. The molecular formula is C18H19N3O2. The summed E-state index contributed by atoms with van der Waals surface area (Å²) in [5, 5.41) is 8.88. The topological polar surface area (TPSA) is 62.3 Å². The minimum atomic E-state index is -0.122. The maximum atomic E-state index is 8.88. The quantitative estimate of drug-likeness (QED) is 0.853. The first-order valence-corrected chi connectivity index (χ1v) is 8.12. The molecule has 1 fully saturated rings. The molecular weight excluding hydrogens is 290 g/mol. The van der Waals surface area contributed by atoms with Gasteiger partial charge in [-0.1, -0.05) is 6.92 Å². The van der Waals surface area contributed by atoms with E-state index in [0.29, 0.717) is 11.5 Å². The van der Waals surface area contributed by atoms with Crippen LogP contribution in [0.15, 0.2) is 28.8 Å². The fourth-order valence-corrected chi connectivity index (χ4v) is 3.68. The Morgan fingerprint density at radius 3 is 3.13 bits per heavy atom. The molecule has 1 atom stereocenters. The molecule has 5 nitrogen and oxygen atoms in total. The van der Waals surface area contributed by atoms with E-state index in [1.54, 1.807) is 12.3 Å². The number of nitriles is 1. The Labute approximate surface area is 135 Å². The van der Waals surface area contributed by atoms with E-state index in [-0.39, 0.29) is 5.60 Å². The predicted octanol–water partition coefficient (Wildman–Crippen LogP) is 3.00. The van der Waals surface area contributed by atoms with Gasteiger partial charge in [0, 0.05) is 30.3 Å². The minimum absolute atomic E-state index is 0.122. The molecule has 2 aliphatic heterocycles. The number of aromatic nitrogens is 1. The van der Waals surface area contributed by atoms with Crippen molar-refractivity contribution in [2.75, 3.05) is 19.6 Å². The monoisotopic (exact) mass is 309 g/mol. The van der Waals surface area contributed by atoms with Crippen LogP contribution >= 0.6 is 0 Å². The maximum absolute atomic E-state index is 8.88. The summed E-state index contributed by atoms with van der Waals surface area (Å²) in [6.45, 7) is 5.37. The zero-order valence-corrected chi connectivity index (χ0v) is 13.2. The van der Waals surface area contributed by atoms with E-state index in [1.807, 2.05) is 12.1 Å². The molecule has 23 heavy (non-hydrogen) atoms. The normalized spacial score (nSPS) is 23.5. The van der Waals surface area contributed by atoms with Crippen molar-refractivity contribution in [1.29, 1.82) is 5.26 Å². The number of hydrogen-bond acceptors (Lipinski definition) is 5. The van der Waals surface area contributed by atoms with Crippen molar-refractivity contribution in [3.8, 4) is 23.3 Å². The zero-order valence-electron chi connectivity index (χ0n) is 13.2. The highest BCUT2D eigenvalue weighted by Gasteiger charge is 2.43. The van der Waals surface area contributed by atoms with Gasteiger partial charge >= 0.3 is 0 Å². The van der Waals surface area contributed by atoms with Crippen LogP contribution in [0.5, 0.6) is 5.88 Å². The third kappa shape index (κ3) is 2.49. The van der Waals surface area contributed by atoms with Gasteiger partial charge in [-0.05, 0) is 44.1 Å². The van der Waals surface area contributed by atoms with Crippen LogP contribution in [-0.4, -0.2) is 35.1 Å². The Morgan fingerprint density at radius 2 is 2.35 bits per heavy atom. The van der Waals surface area contributed by atoms with Gasteiger partial charge in [-0.25, -0.2) is 4.98 Å². The molecule has 2 aliphatic rings. The molecule has 0 saturated carbocycles. The van der Waals surface area contributed by atoms with E-state index < -0.39 is 0 Å². The van der Waals surface area contributed by atoms with Crippen LogP contribution in [0.4, 0.5) is 0 Å². The lowest BCUT2D eigenvalue weighted by Gasteiger charge is -2.38. The van der Waals surface area contributed by atoms with E-state index in [1.165, 1.54) is 6.42 Å². The lowest BCUT2D eigenvalue weighted by atomic mass is 9.88. The number of fused-ring (bicyclic) bond motifs is 1. The second-order valence-corrected chi connectivity index (χ2v) is 6.40. The van der Waals surface area contributed by atoms with Crippen molar-refractivity contribution >= 4 is 0 Å². The number of hydrogen-bond donors (Lipinski definition) is 0. The van der Waals surface area contributed by atoms with Gasteiger partial charge in [-0.3, -0.25) is 4.90 Å². The van der Waals surface area contributed by atoms with Crippen molar-refractivity contribution in [2.45, 2.75) is 31.8 Å². The summed E-state index contributed by atoms with van der Waals surface area (Å²) in [5.41, 5.74) is 1.91. The van der Waals surface area contributed by atoms with Gasteiger partial charge in [0.15, 0.2) is 0 Å². The first kappa shape index (κ1) is 14.3. The number of rotatable bonds is 2. The molecule has 0 bridgehead atoms. The maximum Gasteiger partial charge on any atom is 0.217 e. The highest BCUT2D eigenvalue weighted by Crippen LogP contribution is 2.40. The highest BCUT2D eigenvalue weighted by atomic mass is 16.5. The van der Waals surface area contributed by atoms with Crippen LogP contribution in [0.3, 0.4) is 0 Å². The van der Waals surface area contributed by atoms with E-state index in [9.17, 15) is 0 Å². The summed E-state index contributed by atoms with van der Waals surface area (Å²) < 4.78 is 11.7. The Kier molecular flexibility index (Phi) is 3.35. The van der Waals surface area contributed by atoms with Crippen molar-refractivity contribution in [3.63, 3.8) is 0 Å². The first-order valence-electron chi connectivity index (χ1n) is 8.12. The van der Waals surface area contributed by atoms with Crippen LogP contribution in [0, 0.1) is 11.3 Å². The largest absolute Gasteiger partial charge is 0.469 e. The number of likely N-dealkylation sites (N-methyl/N-ethyl adjacent to an activating group) is 1. The number of furan rings is 1. The minimum Gasteiger partial charge on any atom is -0.469 e. The van der Waals surface area contributed by atoms with Crippen LogP contribution in [-0.2, 0) is 6.42 Å². The van der Waals surface area contributed by atoms with E-state index in [4.69, 9.17) is 14.4 Å². The van der Waals surface area contributed by atoms with Gasteiger partial charge < -0.3 is 9.15 Å². The average Bonchev–Trinajstić information content (AvgIpc) is 3.18. The van der Waals surface area contributed by atoms with Gasteiger partial charge in [-0.2, -0.15) is 5.26 Å². The van der Waals surface area contributed by atoms with Gasteiger partial charge in [0.05, 0.1) is 0 Å². The molecule has 0 unspecified atom stereocenters. The fraction of sp³-hybridized carbons (Fsp3) is 0.444. The summed E-state index contributed by atoms with van der Waals surface area (Å²) in [6, 6.07) is 7.59. The molecule has 5 heteroatoms. The predicted molar refractivity (Wildman–Crippen MR) is 85.1 cm³/mol. The van der Waals surface area contributed by atoms with Crippen LogP contribution in [0.2, 0.25) is 0 Å². The highest BCUT2D eigenvalue weighted by molar-refractivity contribution is 5.60. The van der Waals surface area contributed by atoms with Crippen LogP contribution in [0.1, 0.15) is 31.1 Å². The lowest BCUT2D eigenvalue weighted by Crippen LogP contribution is -2.51. The van der Waals surface area contributed by atoms with E-state index in [0.717, 1.165) is 49.5 Å². The van der Waals surface area contributed by atoms with Crippen LogP contribution < -0.4 is 4.74 Å². The smallest absolute Gasteiger partial charge is 0.217 e. The fourth-order valence-electron chi connectivity index (χ4n) is 3.68. The van der Waals surface area contributed by atoms with Gasteiger partial charge in [0.1, 0.15) is 17.4 Å². The van der Waals surface area contributed by atoms with E-state index in [2.05, 4.69) is 22.9 Å². The number of likely N-dealkylation sites (tertiary alicyclic amines) is 1. The zero-order chi connectivity index (χ0) is 15.9.